The SMILES string of the molecule is CC(CN)N(C)C(=O)C1CCN(C(=O)N2CCCC2)CC1.Cl. The van der Waals surface area contributed by atoms with Gasteiger partial charge in [-0.2, -0.15) is 0 Å². The Labute approximate surface area is 139 Å². The molecule has 7 heteroatoms. The lowest BCUT2D eigenvalue weighted by Gasteiger charge is -2.36. The predicted molar refractivity (Wildman–Crippen MR) is 89.0 cm³/mol. The van der Waals surface area contributed by atoms with E-state index in [1.807, 2.05) is 23.8 Å². The van der Waals surface area contributed by atoms with E-state index in [0.29, 0.717) is 19.6 Å². The Kier molecular flexibility index (Phi) is 7.42. The molecule has 2 rings (SSSR count). The van der Waals surface area contributed by atoms with Gasteiger partial charge in [-0.1, -0.05) is 0 Å². The molecule has 2 aliphatic heterocycles. The largest absolute Gasteiger partial charge is 0.342 e. The molecule has 2 aliphatic rings. The van der Waals surface area contributed by atoms with Gasteiger partial charge >= 0.3 is 6.03 Å². The zero-order valence-corrected chi connectivity index (χ0v) is 14.5. The average molecular weight is 333 g/mol. The van der Waals surface area contributed by atoms with Crippen LogP contribution in [-0.4, -0.2) is 72.5 Å². The number of urea groups is 1. The van der Waals surface area contributed by atoms with Crippen LogP contribution in [0.2, 0.25) is 0 Å². The van der Waals surface area contributed by atoms with Gasteiger partial charge in [-0.05, 0) is 32.6 Å². The lowest BCUT2D eigenvalue weighted by Crippen LogP contribution is -2.49. The van der Waals surface area contributed by atoms with Gasteiger partial charge < -0.3 is 20.4 Å². The third kappa shape index (κ3) is 4.26. The first-order valence-corrected chi connectivity index (χ1v) is 8.05. The zero-order valence-electron chi connectivity index (χ0n) is 13.7. The Bertz CT molecular complexity index is 380. The quantitative estimate of drug-likeness (QED) is 0.842. The van der Waals surface area contributed by atoms with Crippen molar-refractivity contribution in [2.75, 3.05) is 39.8 Å². The van der Waals surface area contributed by atoms with Gasteiger partial charge in [-0.3, -0.25) is 4.79 Å². The van der Waals surface area contributed by atoms with Crippen LogP contribution >= 0.6 is 12.4 Å². The molecule has 0 radical (unpaired) electrons. The molecule has 1 unspecified atom stereocenters. The second-order valence-corrected chi connectivity index (χ2v) is 6.27. The van der Waals surface area contributed by atoms with Crippen molar-refractivity contribution in [3.63, 3.8) is 0 Å². The highest BCUT2D eigenvalue weighted by Gasteiger charge is 2.32. The Morgan fingerprint density at radius 2 is 1.64 bits per heavy atom. The van der Waals surface area contributed by atoms with E-state index in [-0.39, 0.29) is 36.3 Å². The van der Waals surface area contributed by atoms with Gasteiger partial charge in [0.1, 0.15) is 0 Å². The molecular weight excluding hydrogens is 304 g/mol. The summed E-state index contributed by atoms with van der Waals surface area (Å²) in [6, 6.07) is 0.226. The molecule has 0 bridgehead atoms. The maximum Gasteiger partial charge on any atom is 0.319 e. The lowest BCUT2D eigenvalue weighted by atomic mass is 9.95. The highest BCUT2D eigenvalue weighted by Crippen LogP contribution is 2.22. The van der Waals surface area contributed by atoms with E-state index in [9.17, 15) is 9.59 Å². The maximum absolute atomic E-state index is 12.4. The number of likely N-dealkylation sites (N-methyl/N-ethyl adjacent to an activating group) is 1. The van der Waals surface area contributed by atoms with E-state index in [1.165, 1.54) is 0 Å². The summed E-state index contributed by atoms with van der Waals surface area (Å²) >= 11 is 0. The van der Waals surface area contributed by atoms with Crippen LogP contribution in [0.5, 0.6) is 0 Å². The fourth-order valence-electron chi connectivity index (χ4n) is 3.09. The van der Waals surface area contributed by atoms with Crippen molar-refractivity contribution in [2.45, 2.75) is 38.6 Å². The van der Waals surface area contributed by atoms with Crippen molar-refractivity contribution < 1.29 is 9.59 Å². The first-order chi connectivity index (χ1) is 10.0. The summed E-state index contributed by atoms with van der Waals surface area (Å²) in [4.78, 5) is 30.3. The molecule has 2 N–H and O–H groups in total. The van der Waals surface area contributed by atoms with Crippen LogP contribution in [-0.2, 0) is 4.79 Å². The van der Waals surface area contributed by atoms with Gasteiger partial charge in [0.15, 0.2) is 0 Å². The Morgan fingerprint density at radius 3 is 2.14 bits per heavy atom. The normalized spacial score (nSPS) is 20.5. The lowest BCUT2D eigenvalue weighted by molar-refractivity contribution is -0.137. The highest BCUT2D eigenvalue weighted by atomic mass is 35.5. The number of nitrogens with zero attached hydrogens (tertiary/aromatic N) is 3. The van der Waals surface area contributed by atoms with E-state index < -0.39 is 0 Å². The molecule has 2 heterocycles. The van der Waals surface area contributed by atoms with E-state index in [1.54, 1.807) is 4.90 Å². The molecule has 22 heavy (non-hydrogen) atoms. The number of likely N-dealkylation sites (tertiary alicyclic amines) is 2. The smallest absolute Gasteiger partial charge is 0.319 e. The van der Waals surface area contributed by atoms with Crippen LogP contribution < -0.4 is 5.73 Å². The van der Waals surface area contributed by atoms with Crippen molar-refractivity contribution in [2.24, 2.45) is 11.7 Å². The number of carbonyl (C=O) groups excluding carboxylic acids is 2. The predicted octanol–water partition coefficient (Wildman–Crippen LogP) is 1.14. The summed E-state index contributed by atoms with van der Waals surface area (Å²) in [5.41, 5.74) is 5.62. The van der Waals surface area contributed by atoms with E-state index in [4.69, 9.17) is 5.73 Å². The fraction of sp³-hybridized carbons (Fsp3) is 0.867. The maximum atomic E-state index is 12.4. The van der Waals surface area contributed by atoms with Crippen molar-refractivity contribution in [3.8, 4) is 0 Å². The van der Waals surface area contributed by atoms with Gasteiger partial charge in [-0.25, -0.2) is 4.79 Å². The summed E-state index contributed by atoms with van der Waals surface area (Å²) in [5.74, 6) is 0.202. The van der Waals surface area contributed by atoms with Crippen LogP contribution in [0.1, 0.15) is 32.6 Å². The number of hydrogen-bond acceptors (Lipinski definition) is 3. The van der Waals surface area contributed by atoms with Crippen molar-refractivity contribution in [3.05, 3.63) is 0 Å². The van der Waals surface area contributed by atoms with Crippen LogP contribution in [0.3, 0.4) is 0 Å². The molecule has 1 atom stereocenters. The fourth-order valence-corrected chi connectivity index (χ4v) is 3.09. The molecule has 0 aliphatic carbocycles. The van der Waals surface area contributed by atoms with Crippen molar-refractivity contribution in [1.29, 1.82) is 0 Å². The summed E-state index contributed by atoms with van der Waals surface area (Å²) in [6.07, 6.45) is 3.75. The van der Waals surface area contributed by atoms with Crippen LogP contribution in [0.4, 0.5) is 4.79 Å². The number of carbonyl (C=O) groups is 2. The molecule has 0 aromatic heterocycles. The first-order valence-electron chi connectivity index (χ1n) is 8.05. The first kappa shape index (κ1) is 19.0. The molecular formula is C15H29ClN4O2. The number of hydrogen-bond donors (Lipinski definition) is 1. The van der Waals surface area contributed by atoms with Crippen LogP contribution in [0.15, 0.2) is 0 Å². The highest BCUT2D eigenvalue weighted by molar-refractivity contribution is 5.85. The number of rotatable bonds is 3. The summed E-state index contributed by atoms with van der Waals surface area (Å²) < 4.78 is 0. The zero-order chi connectivity index (χ0) is 15.4. The molecule has 0 aromatic carbocycles. The Balaban J connectivity index is 0.00000242. The Hall–Kier alpha value is -1.01. The minimum atomic E-state index is 0. The number of amides is 3. The number of halogens is 1. The van der Waals surface area contributed by atoms with Gasteiger partial charge in [0.25, 0.3) is 0 Å². The third-order valence-electron chi connectivity index (χ3n) is 4.84. The average Bonchev–Trinajstić information content (AvgIpc) is 3.06. The van der Waals surface area contributed by atoms with E-state index in [2.05, 4.69) is 0 Å². The standard InChI is InChI=1S/C15H28N4O2.ClH/c1-12(11-16)17(2)14(20)13-5-9-19(10-6-13)15(21)18-7-3-4-8-18;/h12-13H,3-11,16H2,1-2H3;1H. The summed E-state index contributed by atoms with van der Waals surface area (Å²) in [7, 11) is 1.82. The molecule has 2 fully saturated rings. The molecule has 128 valence electrons. The molecule has 6 nitrogen and oxygen atoms in total. The second-order valence-electron chi connectivity index (χ2n) is 6.27. The van der Waals surface area contributed by atoms with Crippen LogP contribution in [0, 0.1) is 5.92 Å². The topological polar surface area (TPSA) is 69.9 Å². The van der Waals surface area contributed by atoms with E-state index in [0.717, 1.165) is 38.8 Å². The van der Waals surface area contributed by atoms with Gasteiger partial charge in [0.2, 0.25) is 5.91 Å². The van der Waals surface area contributed by atoms with Crippen molar-refractivity contribution in [1.82, 2.24) is 14.7 Å². The monoisotopic (exact) mass is 332 g/mol. The number of piperidine rings is 1. The minimum absolute atomic E-state index is 0. The summed E-state index contributed by atoms with van der Waals surface area (Å²) in [6.45, 7) is 5.59. The molecule has 0 aromatic rings. The second kappa shape index (κ2) is 8.58. The third-order valence-corrected chi connectivity index (χ3v) is 4.84. The minimum Gasteiger partial charge on any atom is -0.342 e. The molecule has 2 saturated heterocycles. The Morgan fingerprint density at radius 1 is 1.14 bits per heavy atom. The van der Waals surface area contributed by atoms with Crippen molar-refractivity contribution >= 4 is 24.3 Å². The summed E-state index contributed by atoms with van der Waals surface area (Å²) in [5, 5.41) is 0. The van der Waals surface area contributed by atoms with Gasteiger partial charge in [-0.15, -0.1) is 12.4 Å². The van der Waals surface area contributed by atoms with E-state index >= 15 is 0 Å². The molecule has 0 spiro atoms. The molecule has 3 amide bonds. The number of nitrogens with two attached hydrogens (primary N) is 1. The van der Waals surface area contributed by atoms with Crippen LogP contribution in [0.25, 0.3) is 0 Å². The van der Waals surface area contributed by atoms with Gasteiger partial charge in [0.05, 0.1) is 0 Å². The molecule has 0 saturated carbocycles. The van der Waals surface area contributed by atoms with Gasteiger partial charge in [0, 0.05) is 51.7 Å².